The normalized spacial score (nSPS) is 27.4. The van der Waals surface area contributed by atoms with E-state index < -0.39 is 47.1 Å². The number of benzene rings is 2. The van der Waals surface area contributed by atoms with Crippen molar-refractivity contribution < 1.29 is 45.7 Å². The second-order valence-corrected chi connectivity index (χ2v) is 11.1. The van der Waals surface area contributed by atoms with E-state index in [1.165, 1.54) is 6.92 Å². The third kappa shape index (κ3) is 6.98. The molecule has 0 amide bonds. The lowest BCUT2D eigenvalue weighted by Gasteiger charge is -2.44. The van der Waals surface area contributed by atoms with E-state index in [1.807, 2.05) is 30.3 Å². The molecule has 2 aliphatic heterocycles. The van der Waals surface area contributed by atoms with Gasteiger partial charge in [-0.1, -0.05) is 30.3 Å². The minimum Gasteiger partial charge on any atom is -0.481 e. The van der Waals surface area contributed by atoms with Gasteiger partial charge in [-0.3, -0.25) is 4.79 Å². The van der Waals surface area contributed by atoms with Crippen LogP contribution in [0.3, 0.4) is 0 Å². The van der Waals surface area contributed by atoms with Gasteiger partial charge >= 0.3 is 18.3 Å². The Hall–Kier alpha value is -2.63. The number of alkyl halides is 6. The highest BCUT2D eigenvalue weighted by Crippen LogP contribution is 2.41. The summed E-state index contributed by atoms with van der Waals surface area (Å²) in [6.07, 6.45) is -10.4. The second kappa shape index (κ2) is 11.7. The molecule has 2 saturated heterocycles. The highest BCUT2D eigenvalue weighted by Gasteiger charge is 2.43. The number of carboxylic acid groups (broad SMARTS) is 1. The van der Waals surface area contributed by atoms with E-state index >= 15 is 0 Å². The number of carbonyl (C=O) groups is 1. The van der Waals surface area contributed by atoms with E-state index in [4.69, 9.17) is 9.47 Å². The number of likely N-dealkylation sites (tertiary alicyclic amines) is 1. The molecule has 0 saturated carbocycles. The Labute approximate surface area is 229 Å². The lowest BCUT2D eigenvalue weighted by molar-refractivity contribution is -0.152. The van der Waals surface area contributed by atoms with E-state index in [0.29, 0.717) is 44.8 Å². The van der Waals surface area contributed by atoms with Crippen molar-refractivity contribution in [3.05, 3.63) is 70.8 Å². The molecule has 5 atom stereocenters. The third-order valence-corrected chi connectivity index (χ3v) is 7.95. The van der Waals surface area contributed by atoms with Gasteiger partial charge in [0, 0.05) is 24.9 Å². The maximum atomic E-state index is 13.5. The van der Waals surface area contributed by atoms with Crippen LogP contribution in [0, 0.1) is 11.3 Å². The largest absolute Gasteiger partial charge is 0.481 e. The SMILES string of the molecule is CC(O[C@H]1COC[C@@H](CN2CCC[C@@](C)(C(=O)O)C2)[C@@H]1c1ccccc1)c1cc(C(F)(F)F)cc(C(F)(F)F)c1. The number of rotatable bonds is 7. The number of halogens is 6. The molecule has 2 heterocycles. The average Bonchev–Trinajstić information content (AvgIpc) is 2.88. The molecule has 220 valence electrons. The van der Waals surface area contributed by atoms with Gasteiger partial charge in [-0.15, -0.1) is 0 Å². The van der Waals surface area contributed by atoms with Gasteiger partial charge in [0.1, 0.15) is 0 Å². The van der Waals surface area contributed by atoms with Crippen LogP contribution in [-0.2, 0) is 26.6 Å². The van der Waals surface area contributed by atoms with Crippen LogP contribution in [0.5, 0.6) is 0 Å². The van der Waals surface area contributed by atoms with Gasteiger partial charge in [0.25, 0.3) is 0 Å². The molecule has 0 aromatic heterocycles. The van der Waals surface area contributed by atoms with Gasteiger partial charge in [0.15, 0.2) is 0 Å². The van der Waals surface area contributed by atoms with Crippen LogP contribution in [0.15, 0.2) is 48.5 Å². The topological polar surface area (TPSA) is 59.0 Å². The van der Waals surface area contributed by atoms with Crippen molar-refractivity contribution in [3.8, 4) is 0 Å². The van der Waals surface area contributed by atoms with Crippen LogP contribution in [0.1, 0.15) is 61.0 Å². The van der Waals surface area contributed by atoms with E-state index in [2.05, 4.69) is 4.90 Å². The van der Waals surface area contributed by atoms with Gasteiger partial charge in [-0.2, -0.15) is 26.3 Å². The number of ether oxygens (including phenoxy) is 2. The number of hydrogen-bond donors (Lipinski definition) is 1. The Morgan fingerprint density at radius 3 is 2.27 bits per heavy atom. The van der Waals surface area contributed by atoms with Crippen molar-refractivity contribution in [1.82, 2.24) is 4.90 Å². The summed E-state index contributed by atoms with van der Waals surface area (Å²) >= 11 is 0. The molecule has 4 rings (SSSR count). The summed E-state index contributed by atoms with van der Waals surface area (Å²) in [5.41, 5.74) is -2.98. The van der Waals surface area contributed by atoms with Crippen molar-refractivity contribution >= 4 is 5.97 Å². The zero-order valence-corrected chi connectivity index (χ0v) is 22.3. The number of piperidine rings is 1. The van der Waals surface area contributed by atoms with E-state index in [1.54, 1.807) is 6.92 Å². The van der Waals surface area contributed by atoms with E-state index in [-0.39, 0.29) is 30.1 Å². The number of aliphatic carboxylic acids is 1. The molecular formula is C29H33F6NO4. The summed E-state index contributed by atoms with van der Waals surface area (Å²) in [6, 6.07) is 10.9. The van der Waals surface area contributed by atoms with Crippen LogP contribution in [0.25, 0.3) is 0 Å². The first kappa shape index (κ1) is 30.3. The van der Waals surface area contributed by atoms with Crippen molar-refractivity contribution in [3.63, 3.8) is 0 Å². The maximum absolute atomic E-state index is 13.5. The summed E-state index contributed by atoms with van der Waals surface area (Å²) < 4.78 is 92.8. The molecule has 11 heteroatoms. The zero-order chi connectivity index (χ0) is 29.3. The molecule has 2 aromatic carbocycles. The molecule has 1 N–H and O–H groups in total. The number of nitrogens with zero attached hydrogens (tertiary/aromatic N) is 1. The standard InChI is InChI=1S/C29H33F6NO4/c1-18(20-11-22(28(30,31)32)13-23(12-20)29(33,34)35)40-24-16-39-15-21(25(24)19-7-4-3-5-8-19)14-36-10-6-9-27(2,17-36)26(37)38/h3-5,7-8,11-13,18,21,24-25H,6,9-10,14-17H2,1-2H3,(H,37,38)/t18?,21-,24+,25+,27-/m1/s1. The van der Waals surface area contributed by atoms with Crippen LogP contribution < -0.4 is 0 Å². The summed E-state index contributed by atoms with van der Waals surface area (Å²) in [7, 11) is 0. The molecule has 0 spiro atoms. The Bertz CT molecular complexity index is 1140. The fourth-order valence-electron chi connectivity index (χ4n) is 5.86. The van der Waals surface area contributed by atoms with Crippen LogP contribution in [0.2, 0.25) is 0 Å². The van der Waals surface area contributed by atoms with E-state index in [0.717, 1.165) is 12.0 Å². The summed E-state index contributed by atoms with van der Waals surface area (Å²) in [6.45, 7) is 5.22. The predicted molar refractivity (Wildman–Crippen MR) is 135 cm³/mol. The first-order valence-corrected chi connectivity index (χ1v) is 13.2. The fourth-order valence-corrected chi connectivity index (χ4v) is 5.86. The number of carboxylic acids is 1. The molecule has 0 aliphatic carbocycles. The predicted octanol–water partition coefficient (Wildman–Crippen LogP) is 6.79. The number of hydrogen-bond acceptors (Lipinski definition) is 4. The minimum atomic E-state index is -4.96. The molecule has 0 radical (unpaired) electrons. The second-order valence-electron chi connectivity index (χ2n) is 11.1. The summed E-state index contributed by atoms with van der Waals surface area (Å²) in [4.78, 5) is 14.0. The fraction of sp³-hybridized carbons (Fsp3) is 0.552. The van der Waals surface area contributed by atoms with Crippen LogP contribution in [0.4, 0.5) is 26.3 Å². The van der Waals surface area contributed by atoms with E-state index in [9.17, 15) is 36.2 Å². The van der Waals surface area contributed by atoms with Gasteiger partial charge in [0.05, 0.1) is 42.0 Å². The highest BCUT2D eigenvalue weighted by molar-refractivity contribution is 5.74. The highest BCUT2D eigenvalue weighted by atomic mass is 19.4. The molecule has 2 fully saturated rings. The van der Waals surface area contributed by atoms with Gasteiger partial charge in [0.2, 0.25) is 0 Å². The molecule has 40 heavy (non-hydrogen) atoms. The summed E-state index contributed by atoms with van der Waals surface area (Å²) in [5.74, 6) is -1.27. The lowest BCUT2D eigenvalue weighted by Crippen LogP contribution is -2.50. The van der Waals surface area contributed by atoms with Crippen molar-refractivity contribution in [1.29, 1.82) is 0 Å². The van der Waals surface area contributed by atoms with Crippen molar-refractivity contribution in [2.24, 2.45) is 11.3 Å². The monoisotopic (exact) mass is 573 g/mol. The smallest absolute Gasteiger partial charge is 0.416 e. The minimum absolute atomic E-state index is 0.103. The van der Waals surface area contributed by atoms with Crippen LogP contribution >= 0.6 is 0 Å². The molecule has 1 unspecified atom stereocenters. The van der Waals surface area contributed by atoms with Gasteiger partial charge in [-0.25, -0.2) is 0 Å². The Kier molecular flexibility index (Phi) is 8.87. The van der Waals surface area contributed by atoms with Crippen molar-refractivity contribution in [2.45, 2.75) is 57.2 Å². The molecule has 2 aromatic rings. The van der Waals surface area contributed by atoms with Gasteiger partial charge in [-0.05, 0) is 62.6 Å². The zero-order valence-electron chi connectivity index (χ0n) is 22.3. The first-order chi connectivity index (χ1) is 18.7. The first-order valence-electron chi connectivity index (χ1n) is 13.2. The summed E-state index contributed by atoms with van der Waals surface area (Å²) in [5, 5.41) is 9.73. The Balaban J connectivity index is 1.61. The average molecular weight is 574 g/mol. The Morgan fingerprint density at radius 2 is 1.70 bits per heavy atom. The van der Waals surface area contributed by atoms with Gasteiger partial charge < -0.3 is 19.5 Å². The lowest BCUT2D eigenvalue weighted by atomic mass is 9.78. The Morgan fingerprint density at radius 1 is 1.07 bits per heavy atom. The molecule has 2 aliphatic rings. The molecule has 5 nitrogen and oxygen atoms in total. The maximum Gasteiger partial charge on any atom is 0.416 e. The molecular weight excluding hydrogens is 540 g/mol. The quantitative estimate of drug-likeness (QED) is 0.370. The molecule has 0 bridgehead atoms. The van der Waals surface area contributed by atoms with Crippen molar-refractivity contribution in [2.75, 3.05) is 32.8 Å². The van der Waals surface area contributed by atoms with Crippen LogP contribution in [-0.4, -0.2) is 54.9 Å². The third-order valence-electron chi connectivity index (χ3n) is 7.95.